The first-order chi connectivity index (χ1) is 13.7. The normalized spacial score (nSPS) is 16.4. The number of nitrogens with zero attached hydrogens (tertiary/aromatic N) is 2. The van der Waals surface area contributed by atoms with Crippen LogP contribution < -0.4 is 0 Å². The number of carbonyl (C=O) groups is 1. The summed E-state index contributed by atoms with van der Waals surface area (Å²) in [5.41, 5.74) is 1.72. The molecule has 1 saturated heterocycles. The molecule has 29 heavy (non-hydrogen) atoms. The van der Waals surface area contributed by atoms with Crippen LogP contribution >= 0.6 is 23.4 Å². The second-order valence-corrected chi connectivity index (χ2v) is 9.70. The minimum Gasteiger partial charge on any atom is -0.287 e. The van der Waals surface area contributed by atoms with Gasteiger partial charge in [-0.2, -0.15) is 8.78 Å². The number of halogens is 3. The third-order valence-corrected chi connectivity index (χ3v) is 7.15. The minimum atomic E-state index is -4.70. The Morgan fingerprint density at radius 2 is 1.90 bits per heavy atom. The van der Waals surface area contributed by atoms with Crippen LogP contribution in [0.1, 0.15) is 22.3 Å². The molecule has 10 heteroatoms. The lowest BCUT2D eigenvalue weighted by Crippen LogP contribution is -2.39. The Morgan fingerprint density at radius 1 is 1.21 bits per heavy atom. The zero-order valence-electron chi connectivity index (χ0n) is 15.3. The lowest BCUT2D eigenvalue weighted by atomic mass is 10.2. The Labute approximate surface area is 176 Å². The Hall–Kier alpha value is -1.97. The summed E-state index contributed by atoms with van der Waals surface area (Å²) >= 11 is 7.57. The molecular formula is C19H17ClF2N2O3S2. The first kappa shape index (κ1) is 21.7. The highest BCUT2D eigenvalue weighted by molar-refractivity contribution is 8.13. The average molecular weight is 459 g/mol. The van der Waals surface area contributed by atoms with E-state index in [2.05, 4.69) is 4.99 Å². The van der Waals surface area contributed by atoms with Gasteiger partial charge in [0.25, 0.3) is 5.91 Å². The third-order valence-electron chi connectivity index (χ3n) is 4.28. The van der Waals surface area contributed by atoms with E-state index >= 15 is 0 Å². The van der Waals surface area contributed by atoms with Gasteiger partial charge in [0.05, 0.1) is 10.6 Å². The molecular weight excluding hydrogens is 442 g/mol. The molecule has 0 unspecified atom stereocenters. The van der Waals surface area contributed by atoms with Crippen molar-refractivity contribution in [2.45, 2.75) is 24.0 Å². The van der Waals surface area contributed by atoms with Crippen molar-refractivity contribution in [2.24, 2.45) is 4.99 Å². The lowest BCUT2D eigenvalue weighted by Gasteiger charge is -2.28. The largest absolute Gasteiger partial charge is 0.341 e. The number of aryl methyl sites for hydroxylation is 1. The van der Waals surface area contributed by atoms with Gasteiger partial charge < -0.3 is 0 Å². The number of hydrogen-bond donors (Lipinski definition) is 0. The number of amidine groups is 1. The molecule has 0 aromatic heterocycles. The number of amides is 1. The molecule has 1 aliphatic rings. The molecule has 3 rings (SSSR count). The highest BCUT2D eigenvalue weighted by Gasteiger charge is 2.28. The number of thioether (sulfide) groups is 1. The van der Waals surface area contributed by atoms with E-state index in [1.807, 2.05) is 13.0 Å². The molecule has 2 aromatic carbocycles. The monoisotopic (exact) mass is 458 g/mol. The lowest BCUT2D eigenvalue weighted by molar-refractivity contribution is 0.0849. The van der Waals surface area contributed by atoms with Gasteiger partial charge >= 0.3 is 5.76 Å². The number of hydrogen-bond acceptors (Lipinski definition) is 5. The summed E-state index contributed by atoms with van der Waals surface area (Å²) in [6.45, 7) is 2.32. The fourth-order valence-corrected chi connectivity index (χ4v) is 4.50. The Morgan fingerprint density at radius 3 is 2.52 bits per heavy atom. The standard InChI is InChI=1S/C19H17ClF2N2O3S2/c1-12-3-6-14(11-16(12)20)23-19-24(9-2-10-28-19)17(25)13-4-7-15(8-5-13)29(26,27)18(21)22/h3-8,11,18H,2,9-10H2,1H3. The van der Waals surface area contributed by atoms with E-state index < -0.39 is 20.5 Å². The molecule has 1 heterocycles. The number of alkyl halides is 2. The van der Waals surface area contributed by atoms with Crippen molar-refractivity contribution in [3.63, 3.8) is 0 Å². The molecule has 0 saturated carbocycles. The molecule has 5 nitrogen and oxygen atoms in total. The predicted octanol–water partition coefficient (Wildman–Crippen LogP) is 4.91. The predicted molar refractivity (Wildman–Crippen MR) is 111 cm³/mol. The highest BCUT2D eigenvalue weighted by Crippen LogP contribution is 2.27. The molecule has 0 bridgehead atoms. The van der Waals surface area contributed by atoms with Crippen LogP contribution in [0.15, 0.2) is 52.4 Å². The van der Waals surface area contributed by atoms with Gasteiger partial charge in [-0.1, -0.05) is 29.4 Å². The van der Waals surface area contributed by atoms with Gasteiger partial charge in [-0.3, -0.25) is 9.69 Å². The van der Waals surface area contributed by atoms with Crippen LogP contribution in [0.3, 0.4) is 0 Å². The summed E-state index contributed by atoms with van der Waals surface area (Å²) in [5, 5.41) is 1.08. The van der Waals surface area contributed by atoms with Crippen LogP contribution in [0.2, 0.25) is 5.02 Å². The van der Waals surface area contributed by atoms with E-state index in [4.69, 9.17) is 11.6 Å². The molecule has 0 spiro atoms. The van der Waals surface area contributed by atoms with Gasteiger partial charge in [0.2, 0.25) is 9.84 Å². The molecule has 154 valence electrons. The number of carbonyl (C=O) groups excluding carboxylic acids is 1. The summed E-state index contributed by atoms with van der Waals surface area (Å²) in [6.07, 6.45) is 0.766. The van der Waals surface area contributed by atoms with E-state index in [0.717, 1.165) is 29.9 Å². The van der Waals surface area contributed by atoms with Gasteiger partial charge in [0, 0.05) is 22.9 Å². The van der Waals surface area contributed by atoms with Crippen molar-refractivity contribution >= 4 is 50.0 Å². The summed E-state index contributed by atoms with van der Waals surface area (Å²) < 4.78 is 48.4. The molecule has 2 aromatic rings. The average Bonchev–Trinajstić information content (AvgIpc) is 2.70. The summed E-state index contributed by atoms with van der Waals surface area (Å²) in [4.78, 5) is 18.4. The minimum absolute atomic E-state index is 0.190. The van der Waals surface area contributed by atoms with Crippen LogP contribution in [0, 0.1) is 6.92 Å². The Bertz CT molecular complexity index is 1060. The summed E-state index contributed by atoms with van der Waals surface area (Å²) in [6, 6.07) is 9.85. The zero-order valence-corrected chi connectivity index (χ0v) is 17.7. The topological polar surface area (TPSA) is 66.8 Å². The number of rotatable bonds is 4. The Balaban J connectivity index is 1.88. The number of benzene rings is 2. The molecule has 1 aliphatic heterocycles. The van der Waals surface area contributed by atoms with Crippen molar-refractivity contribution in [2.75, 3.05) is 12.3 Å². The van der Waals surface area contributed by atoms with Crippen molar-refractivity contribution in [1.29, 1.82) is 0 Å². The summed E-state index contributed by atoms with van der Waals surface area (Å²) in [5.74, 6) is -3.09. The van der Waals surface area contributed by atoms with Crippen LogP contribution in [0.4, 0.5) is 14.5 Å². The number of aliphatic imine (C=N–C) groups is 1. The van der Waals surface area contributed by atoms with Crippen LogP contribution in [0.5, 0.6) is 0 Å². The maximum atomic E-state index is 12.9. The third kappa shape index (κ3) is 4.79. The van der Waals surface area contributed by atoms with E-state index in [9.17, 15) is 22.0 Å². The van der Waals surface area contributed by atoms with Crippen LogP contribution in [-0.2, 0) is 9.84 Å². The maximum absolute atomic E-state index is 12.9. The van der Waals surface area contributed by atoms with Crippen molar-refractivity contribution in [3.8, 4) is 0 Å². The first-order valence-electron chi connectivity index (χ1n) is 8.62. The second-order valence-electron chi connectivity index (χ2n) is 6.32. The van der Waals surface area contributed by atoms with E-state index in [-0.39, 0.29) is 11.5 Å². The molecule has 0 radical (unpaired) electrons. The fraction of sp³-hybridized carbons (Fsp3) is 0.263. The van der Waals surface area contributed by atoms with Crippen molar-refractivity contribution < 1.29 is 22.0 Å². The molecule has 1 fully saturated rings. The number of sulfone groups is 1. The van der Waals surface area contributed by atoms with Crippen LogP contribution in [-0.4, -0.2) is 42.4 Å². The zero-order chi connectivity index (χ0) is 21.2. The smallest absolute Gasteiger partial charge is 0.287 e. The van der Waals surface area contributed by atoms with E-state index in [1.165, 1.54) is 28.8 Å². The summed E-state index contributed by atoms with van der Waals surface area (Å²) in [7, 11) is -4.70. The SMILES string of the molecule is Cc1ccc(N=C2SCCCN2C(=O)c2ccc(S(=O)(=O)C(F)F)cc2)cc1Cl. The van der Waals surface area contributed by atoms with Crippen molar-refractivity contribution in [1.82, 2.24) is 4.90 Å². The molecule has 1 amide bonds. The van der Waals surface area contributed by atoms with Gasteiger partial charge in [0.15, 0.2) is 5.17 Å². The molecule has 0 aliphatic carbocycles. The second kappa shape index (κ2) is 8.81. The maximum Gasteiger partial charge on any atom is 0.341 e. The first-order valence-corrected chi connectivity index (χ1v) is 11.5. The molecule has 0 N–H and O–H groups in total. The van der Waals surface area contributed by atoms with Gasteiger partial charge in [-0.05, 0) is 55.3 Å². The van der Waals surface area contributed by atoms with Crippen molar-refractivity contribution in [3.05, 3.63) is 58.6 Å². The Kier molecular flexibility index (Phi) is 6.60. The fourth-order valence-electron chi connectivity index (χ4n) is 2.65. The van der Waals surface area contributed by atoms with E-state index in [0.29, 0.717) is 22.4 Å². The van der Waals surface area contributed by atoms with Gasteiger partial charge in [-0.25, -0.2) is 13.4 Å². The van der Waals surface area contributed by atoms with Gasteiger partial charge in [0.1, 0.15) is 0 Å². The van der Waals surface area contributed by atoms with Gasteiger partial charge in [-0.15, -0.1) is 0 Å². The van der Waals surface area contributed by atoms with E-state index in [1.54, 1.807) is 12.1 Å². The quantitative estimate of drug-likeness (QED) is 0.652. The molecule has 0 atom stereocenters. The van der Waals surface area contributed by atoms with Crippen LogP contribution in [0.25, 0.3) is 0 Å². The highest BCUT2D eigenvalue weighted by atomic mass is 35.5.